The number of halogens is 1. The van der Waals surface area contributed by atoms with E-state index in [1.165, 1.54) is 37.8 Å². The van der Waals surface area contributed by atoms with Gasteiger partial charge in [-0.25, -0.2) is 4.39 Å². The van der Waals surface area contributed by atoms with Gasteiger partial charge < -0.3 is 10.2 Å². The lowest BCUT2D eigenvalue weighted by Gasteiger charge is -2.24. The number of hydrogen-bond acceptors (Lipinski definition) is 2. The zero-order valence-electron chi connectivity index (χ0n) is 10.5. The van der Waals surface area contributed by atoms with Crippen LogP contribution in [0, 0.1) is 5.82 Å². The number of rotatable bonds is 5. The molecule has 0 atom stereocenters. The van der Waals surface area contributed by atoms with Gasteiger partial charge in [0.2, 0.25) is 0 Å². The first-order valence-electron chi connectivity index (χ1n) is 6.45. The molecule has 1 aromatic rings. The van der Waals surface area contributed by atoms with Crippen LogP contribution in [0.4, 0.5) is 10.1 Å². The quantitative estimate of drug-likeness (QED) is 0.845. The van der Waals surface area contributed by atoms with Crippen LogP contribution in [0.2, 0.25) is 0 Å². The van der Waals surface area contributed by atoms with Gasteiger partial charge in [-0.1, -0.05) is 18.9 Å². The normalized spacial score (nSPS) is 16.6. The molecule has 1 aliphatic carbocycles. The van der Waals surface area contributed by atoms with Crippen molar-refractivity contribution in [3.63, 3.8) is 0 Å². The molecule has 0 saturated heterocycles. The topological polar surface area (TPSA) is 15.3 Å². The summed E-state index contributed by atoms with van der Waals surface area (Å²) in [4.78, 5) is 2.42. The van der Waals surface area contributed by atoms with E-state index in [1.807, 2.05) is 6.07 Å². The summed E-state index contributed by atoms with van der Waals surface area (Å²) in [7, 11) is 2.18. The van der Waals surface area contributed by atoms with Gasteiger partial charge in [0.25, 0.3) is 0 Å². The highest BCUT2D eigenvalue weighted by molar-refractivity contribution is 5.42. The maximum atomic E-state index is 12.9. The zero-order chi connectivity index (χ0) is 12.1. The van der Waals surface area contributed by atoms with Crippen molar-refractivity contribution >= 4 is 5.69 Å². The van der Waals surface area contributed by atoms with Gasteiger partial charge in [0.1, 0.15) is 5.82 Å². The minimum absolute atomic E-state index is 0.181. The van der Waals surface area contributed by atoms with Gasteiger partial charge in [0.05, 0.1) is 0 Å². The van der Waals surface area contributed by atoms with Crippen LogP contribution in [-0.2, 0) is 0 Å². The molecular weight excluding hydrogens is 215 g/mol. The molecule has 94 valence electrons. The molecule has 0 unspecified atom stereocenters. The second kappa shape index (κ2) is 6.01. The van der Waals surface area contributed by atoms with Crippen molar-refractivity contribution in [1.29, 1.82) is 0 Å². The van der Waals surface area contributed by atoms with Crippen LogP contribution in [-0.4, -0.2) is 31.1 Å². The van der Waals surface area contributed by atoms with Gasteiger partial charge in [0.15, 0.2) is 0 Å². The van der Waals surface area contributed by atoms with Crippen molar-refractivity contribution in [3.05, 3.63) is 30.1 Å². The second-order valence-electron chi connectivity index (χ2n) is 4.86. The smallest absolute Gasteiger partial charge is 0.125 e. The van der Waals surface area contributed by atoms with E-state index in [-0.39, 0.29) is 5.82 Å². The molecule has 3 heteroatoms. The van der Waals surface area contributed by atoms with Crippen LogP contribution in [0.3, 0.4) is 0 Å². The maximum Gasteiger partial charge on any atom is 0.125 e. The zero-order valence-corrected chi connectivity index (χ0v) is 10.5. The van der Waals surface area contributed by atoms with Crippen LogP contribution in [0.5, 0.6) is 0 Å². The number of hydrogen-bond donors (Lipinski definition) is 1. The van der Waals surface area contributed by atoms with Crippen molar-refractivity contribution in [2.45, 2.75) is 31.7 Å². The Morgan fingerprint density at radius 3 is 2.82 bits per heavy atom. The molecule has 2 rings (SSSR count). The summed E-state index contributed by atoms with van der Waals surface area (Å²) >= 11 is 0. The SMILES string of the molecule is CN(CCNc1cccc(F)c1)C1CCCC1. The molecule has 0 bridgehead atoms. The lowest BCUT2D eigenvalue weighted by Crippen LogP contribution is -2.33. The summed E-state index contributed by atoms with van der Waals surface area (Å²) < 4.78 is 12.9. The Bertz CT molecular complexity index is 348. The van der Waals surface area contributed by atoms with Crippen molar-refractivity contribution in [1.82, 2.24) is 4.90 Å². The monoisotopic (exact) mass is 236 g/mol. The molecule has 0 spiro atoms. The fourth-order valence-electron chi connectivity index (χ4n) is 2.50. The molecule has 1 N–H and O–H groups in total. The number of anilines is 1. The van der Waals surface area contributed by atoms with E-state index in [0.717, 1.165) is 24.8 Å². The molecule has 0 radical (unpaired) electrons. The molecule has 2 nitrogen and oxygen atoms in total. The Morgan fingerprint density at radius 2 is 2.12 bits per heavy atom. The van der Waals surface area contributed by atoms with E-state index in [4.69, 9.17) is 0 Å². The fourth-order valence-corrected chi connectivity index (χ4v) is 2.50. The Labute approximate surface area is 103 Å². The minimum Gasteiger partial charge on any atom is -0.384 e. The molecule has 1 saturated carbocycles. The van der Waals surface area contributed by atoms with Crippen LogP contribution in [0.1, 0.15) is 25.7 Å². The lowest BCUT2D eigenvalue weighted by molar-refractivity contribution is 0.254. The van der Waals surface area contributed by atoms with Gasteiger partial charge >= 0.3 is 0 Å². The first-order chi connectivity index (χ1) is 8.25. The predicted octanol–water partition coefficient (Wildman–Crippen LogP) is 3.11. The Kier molecular flexibility index (Phi) is 4.37. The lowest BCUT2D eigenvalue weighted by atomic mass is 10.2. The van der Waals surface area contributed by atoms with Gasteiger partial charge in [-0.2, -0.15) is 0 Å². The van der Waals surface area contributed by atoms with E-state index in [2.05, 4.69) is 17.3 Å². The highest BCUT2D eigenvalue weighted by Gasteiger charge is 2.18. The number of nitrogens with one attached hydrogen (secondary N) is 1. The first kappa shape index (κ1) is 12.4. The average Bonchev–Trinajstić information content (AvgIpc) is 2.82. The van der Waals surface area contributed by atoms with Gasteiger partial charge in [-0.15, -0.1) is 0 Å². The third-order valence-corrected chi connectivity index (χ3v) is 3.57. The average molecular weight is 236 g/mol. The number of nitrogens with zero attached hydrogens (tertiary/aromatic N) is 1. The van der Waals surface area contributed by atoms with Gasteiger partial charge in [0, 0.05) is 24.8 Å². The molecule has 0 heterocycles. The third-order valence-electron chi connectivity index (χ3n) is 3.57. The van der Waals surface area contributed by atoms with Crippen LogP contribution < -0.4 is 5.32 Å². The van der Waals surface area contributed by atoms with Gasteiger partial charge in [-0.3, -0.25) is 0 Å². The van der Waals surface area contributed by atoms with Crippen molar-refractivity contribution < 1.29 is 4.39 Å². The third kappa shape index (κ3) is 3.70. The summed E-state index contributed by atoms with van der Waals surface area (Å²) in [6.07, 6.45) is 5.39. The Hall–Kier alpha value is -1.09. The first-order valence-corrected chi connectivity index (χ1v) is 6.45. The summed E-state index contributed by atoms with van der Waals surface area (Å²) in [6, 6.07) is 7.40. The second-order valence-corrected chi connectivity index (χ2v) is 4.86. The van der Waals surface area contributed by atoms with E-state index >= 15 is 0 Å². The van der Waals surface area contributed by atoms with Crippen molar-refractivity contribution in [2.75, 3.05) is 25.5 Å². The van der Waals surface area contributed by atoms with Crippen molar-refractivity contribution in [2.24, 2.45) is 0 Å². The summed E-state index contributed by atoms with van der Waals surface area (Å²) in [6.45, 7) is 1.89. The standard InChI is InChI=1S/C14H21FN2/c1-17(14-7-2-3-8-14)10-9-16-13-6-4-5-12(15)11-13/h4-6,11,14,16H,2-3,7-10H2,1H3. The molecule has 17 heavy (non-hydrogen) atoms. The Morgan fingerprint density at radius 1 is 1.35 bits per heavy atom. The molecule has 1 fully saturated rings. The van der Waals surface area contributed by atoms with E-state index < -0.39 is 0 Å². The Balaban J connectivity index is 1.71. The molecule has 1 aliphatic rings. The molecular formula is C14H21FN2. The largest absolute Gasteiger partial charge is 0.384 e. The minimum atomic E-state index is -0.181. The molecule has 1 aromatic carbocycles. The predicted molar refractivity (Wildman–Crippen MR) is 69.8 cm³/mol. The van der Waals surface area contributed by atoms with Crippen molar-refractivity contribution in [3.8, 4) is 0 Å². The van der Waals surface area contributed by atoms with Crippen LogP contribution in [0.25, 0.3) is 0 Å². The molecule has 0 aromatic heterocycles. The molecule has 0 aliphatic heterocycles. The van der Waals surface area contributed by atoms with E-state index in [9.17, 15) is 4.39 Å². The fraction of sp³-hybridized carbons (Fsp3) is 0.571. The highest BCUT2D eigenvalue weighted by atomic mass is 19.1. The maximum absolute atomic E-state index is 12.9. The highest BCUT2D eigenvalue weighted by Crippen LogP contribution is 2.22. The summed E-state index contributed by atoms with van der Waals surface area (Å²) in [5, 5.41) is 3.26. The van der Waals surface area contributed by atoms with E-state index in [1.54, 1.807) is 6.07 Å². The molecule has 0 amide bonds. The van der Waals surface area contributed by atoms with Crippen LogP contribution >= 0.6 is 0 Å². The summed E-state index contributed by atoms with van der Waals surface area (Å²) in [5.74, 6) is -0.181. The summed E-state index contributed by atoms with van der Waals surface area (Å²) in [5.41, 5.74) is 0.866. The number of benzene rings is 1. The number of likely N-dealkylation sites (N-methyl/N-ethyl adjacent to an activating group) is 1. The van der Waals surface area contributed by atoms with E-state index in [0.29, 0.717) is 0 Å². The van der Waals surface area contributed by atoms with Gasteiger partial charge in [-0.05, 0) is 38.1 Å². The van der Waals surface area contributed by atoms with Crippen LogP contribution in [0.15, 0.2) is 24.3 Å².